The summed E-state index contributed by atoms with van der Waals surface area (Å²) in [6, 6.07) is 5.94. The van der Waals surface area contributed by atoms with E-state index >= 15 is 8.78 Å². The number of nitrogens with zero attached hydrogens (tertiary/aromatic N) is 3. The Bertz CT molecular complexity index is 1050. The van der Waals surface area contributed by atoms with Crippen LogP contribution in [0.15, 0.2) is 24.3 Å². The molecule has 1 aromatic carbocycles. The highest BCUT2D eigenvalue weighted by Gasteiger charge is 2.28. The van der Waals surface area contributed by atoms with E-state index in [0.29, 0.717) is 56.8 Å². The van der Waals surface area contributed by atoms with Crippen LogP contribution in [0.4, 0.5) is 30.6 Å². The number of carbonyl (C=O) groups excluding carboxylic acids is 1. The molecule has 1 aliphatic heterocycles. The van der Waals surface area contributed by atoms with Crippen molar-refractivity contribution in [2.75, 3.05) is 49.6 Å². The molecule has 3 rings (SSSR count). The number of aromatic nitrogens is 1. The lowest BCUT2D eigenvalue weighted by Crippen LogP contribution is -2.50. The topological polar surface area (TPSA) is 76.2 Å². The largest absolute Gasteiger partial charge is 0.478 e. The number of anilines is 3. The summed E-state index contributed by atoms with van der Waals surface area (Å²) >= 11 is 0. The summed E-state index contributed by atoms with van der Waals surface area (Å²) in [5.41, 5.74) is 0.00433. The van der Waals surface area contributed by atoms with E-state index in [2.05, 4.69) is 24.1 Å². The molecule has 2 heterocycles. The van der Waals surface area contributed by atoms with Gasteiger partial charge in [-0.25, -0.2) is 13.6 Å². The Morgan fingerprint density at radius 2 is 1.58 bits per heavy atom. The van der Waals surface area contributed by atoms with Crippen molar-refractivity contribution in [2.45, 2.75) is 65.9 Å². The number of unbranched alkanes of at least 4 members (excludes halogenated alkanes) is 2. The van der Waals surface area contributed by atoms with E-state index in [1.54, 1.807) is 42.7 Å². The average Bonchev–Trinajstić information content (AvgIpc) is 2.85. The highest BCUT2D eigenvalue weighted by molar-refractivity contribution is 5.70. The van der Waals surface area contributed by atoms with Crippen LogP contribution in [0, 0.1) is 11.6 Å². The molecule has 38 heavy (non-hydrogen) atoms. The van der Waals surface area contributed by atoms with Crippen molar-refractivity contribution >= 4 is 23.2 Å². The monoisotopic (exact) mass is 534 g/mol. The molecule has 210 valence electrons. The number of carbonyl (C=O) groups is 1. The molecule has 0 bridgehead atoms. The lowest BCUT2D eigenvalue weighted by molar-refractivity contribution is 0.0240. The van der Waals surface area contributed by atoms with Crippen LogP contribution in [-0.4, -0.2) is 61.0 Å². The van der Waals surface area contributed by atoms with Gasteiger partial charge in [-0.05, 0) is 51.8 Å². The second-order valence-electron chi connectivity index (χ2n) is 10.3. The number of amides is 1. The second kappa shape index (κ2) is 13.5. The third-order valence-electron chi connectivity index (χ3n) is 5.86. The molecule has 1 fully saturated rings. The number of pyridine rings is 1. The number of nitrogens with one attached hydrogen (secondary N) is 1. The van der Waals surface area contributed by atoms with E-state index in [-0.39, 0.29) is 11.4 Å². The number of halogens is 2. The molecule has 0 atom stereocenters. The first-order chi connectivity index (χ1) is 18.1. The summed E-state index contributed by atoms with van der Waals surface area (Å²) in [6.45, 7) is 11.8. The van der Waals surface area contributed by atoms with Gasteiger partial charge in [0, 0.05) is 37.9 Å². The van der Waals surface area contributed by atoms with E-state index in [0.717, 1.165) is 25.7 Å². The molecule has 0 saturated carbocycles. The molecule has 0 radical (unpaired) electrons. The number of piperazine rings is 1. The molecule has 1 saturated heterocycles. The van der Waals surface area contributed by atoms with Crippen molar-refractivity contribution in [3.05, 3.63) is 35.9 Å². The minimum atomic E-state index is -0.695. The van der Waals surface area contributed by atoms with E-state index < -0.39 is 23.3 Å². The van der Waals surface area contributed by atoms with Crippen LogP contribution in [0.3, 0.4) is 0 Å². The van der Waals surface area contributed by atoms with Crippen LogP contribution in [0.2, 0.25) is 0 Å². The van der Waals surface area contributed by atoms with Crippen molar-refractivity contribution in [1.29, 1.82) is 0 Å². The van der Waals surface area contributed by atoms with Crippen LogP contribution in [-0.2, 0) is 4.74 Å². The fourth-order valence-electron chi connectivity index (χ4n) is 3.88. The molecule has 1 aliphatic rings. The Labute approximate surface area is 224 Å². The maximum Gasteiger partial charge on any atom is 0.410 e. The molecule has 8 nitrogen and oxygen atoms in total. The first-order valence-electron chi connectivity index (χ1n) is 13.4. The highest BCUT2D eigenvalue weighted by atomic mass is 19.1. The normalized spacial score (nSPS) is 13.9. The van der Waals surface area contributed by atoms with Gasteiger partial charge in [0.25, 0.3) is 0 Å². The summed E-state index contributed by atoms with van der Waals surface area (Å²) < 4.78 is 47.3. The second-order valence-corrected chi connectivity index (χ2v) is 10.3. The van der Waals surface area contributed by atoms with Gasteiger partial charge in [0.2, 0.25) is 11.8 Å². The number of ether oxygens (including phenoxy) is 3. The quantitative estimate of drug-likeness (QED) is 0.329. The maximum absolute atomic E-state index is 15.2. The van der Waals surface area contributed by atoms with Crippen molar-refractivity contribution in [3.8, 4) is 11.8 Å². The van der Waals surface area contributed by atoms with Gasteiger partial charge in [0.15, 0.2) is 11.6 Å². The lowest BCUT2D eigenvalue weighted by atomic mass is 10.2. The maximum atomic E-state index is 15.2. The van der Waals surface area contributed by atoms with Crippen LogP contribution < -0.4 is 19.7 Å². The molecule has 0 unspecified atom stereocenters. The smallest absolute Gasteiger partial charge is 0.410 e. The number of hydrogen-bond donors (Lipinski definition) is 1. The predicted octanol–water partition coefficient (Wildman–Crippen LogP) is 6.52. The molecular weight excluding hydrogens is 494 g/mol. The molecule has 0 aliphatic carbocycles. The third kappa shape index (κ3) is 8.36. The Balaban J connectivity index is 1.71. The summed E-state index contributed by atoms with van der Waals surface area (Å²) in [4.78, 5) is 19.9. The predicted molar refractivity (Wildman–Crippen MR) is 145 cm³/mol. The van der Waals surface area contributed by atoms with E-state index in [1.807, 2.05) is 0 Å². The van der Waals surface area contributed by atoms with Crippen molar-refractivity contribution in [3.63, 3.8) is 0 Å². The minimum Gasteiger partial charge on any atom is -0.478 e. The van der Waals surface area contributed by atoms with Gasteiger partial charge in [-0.15, -0.1) is 0 Å². The molecule has 10 heteroatoms. The Morgan fingerprint density at radius 3 is 2.16 bits per heavy atom. The standard InChI is InChI=1S/C28H40F2N4O4/c1-6-8-16-36-24-11-10-23(26(32-24)37-17-9-7-2)31-20-18-21(29)25(22(30)19-20)33-12-14-34(15-13-33)27(35)38-28(3,4)5/h10-11,18-19,31H,6-9,12-17H2,1-5H3. The summed E-state index contributed by atoms with van der Waals surface area (Å²) in [6.07, 6.45) is 3.30. The van der Waals surface area contributed by atoms with Crippen LogP contribution >= 0.6 is 0 Å². The van der Waals surface area contributed by atoms with Gasteiger partial charge in [-0.2, -0.15) is 4.98 Å². The van der Waals surface area contributed by atoms with Crippen LogP contribution in [0.5, 0.6) is 11.8 Å². The van der Waals surface area contributed by atoms with Crippen molar-refractivity contribution in [2.24, 2.45) is 0 Å². The Hall–Kier alpha value is -3.30. The SMILES string of the molecule is CCCCOc1ccc(Nc2cc(F)c(N3CCN(C(=O)OC(C)(C)C)CC3)c(F)c2)c(OCCCC)n1. The fourth-order valence-corrected chi connectivity index (χ4v) is 3.88. The van der Waals surface area contributed by atoms with Crippen LogP contribution in [0.1, 0.15) is 60.3 Å². The van der Waals surface area contributed by atoms with Gasteiger partial charge in [-0.1, -0.05) is 26.7 Å². The van der Waals surface area contributed by atoms with Gasteiger partial charge in [-0.3, -0.25) is 0 Å². The minimum absolute atomic E-state index is 0.114. The number of hydrogen-bond acceptors (Lipinski definition) is 7. The van der Waals surface area contributed by atoms with Gasteiger partial charge < -0.3 is 29.3 Å². The summed E-state index contributed by atoms with van der Waals surface area (Å²) in [5, 5.41) is 3.04. The number of rotatable bonds is 11. The third-order valence-corrected chi connectivity index (χ3v) is 5.86. The molecular formula is C28H40F2N4O4. The van der Waals surface area contributed by atoms with Gasteiger partial charge in [0.1, 0.15) is 17.0 Å². The molecule has 1 aromatic heterocycles. The Morgan fingerprint density at radius 1 is 0.974 bits per heavy atom. The zero-order valence-electron chi connectivity index (χ0n) is 23.1. The van der Waals surface area contributed by atoms with Crippen molar-refractivity contribution < 1.29 is 27.8 Å². The van der Waals surface area contributed by atoms with Crippen LogP contribution in [0.25, 0.3) is 0 Å². The first kappa shape index (κ1) is 29.3. The van der Waals surface area contributed by atoms with Gasteiger partial charge >= 0.3 is 6.09 Å². The Kier molecular flexibility index (Phi) is 10.4. The zero-order valence-corrected chi connectivity index (χ0v) is 23.1. The summed E-state index contributed by atoms with van der Waals surface area (Å²) in [5.74, 6) is -0.636. The van der Waals surface area contributed by atoms with E-state index in [1.165, 1.54) is 12.1 Å². The lowest BCUT2D eigenvalue weighted by Gasteiger charge is -2.37. The average molecular weight is 535 g/mol. The fraction of sp³-hybridized carbons (Fsp3) is 0.571. The molecule has 0 spiro atoms. The zero-order chi connectivity index (χ0) is 27.7. The highest BCUT2D eigenvalue weighted by Crippen LogP contribution is 2.33. The molecule has 1 N–H and O–H groups in total. The van der Waals surface area contributed by atoms with E-state index in [9.17, 15) is 4.79 Å². The van der Waals surface area contributed by atoms with E-state index in [4.69, 9.17) is 14.2 Å². The van der Waals surface area contributed by atoms with Crippen molar-refractivity contribution in [1.82, 2.24) is 9.88 Å². The first-order valence-corrected chi connectivity index (χ1v) is 13.4. The number of benzene rings is 1. The molecule has 2 aromatic rings. The molecule has 1 amide bonds. The van der Waals surface area contributed by atoms with Gasteiger partial charge in [0.05, 0.1) is 13.2 Å². The summed E-state index contributed by atoms with van der Waals surface area (Å²) in [7, 11) is 0.